The fraction of sp³-hybridized carbons (Fsp3) is 0.818. The molecule has 4 N–H and O–H groups in total. The Bertz CT molecular complexity index is 342. The number of carboxylic acids is 2. The fourth-order valence-electron chi connectivity index (χ4n) is 1.72. The van der Waals surface area contributed by atoms with E-state index in [9.17, 15) is 9.59 Å². The molecule has 0 saturated carbocycles. The molecule has 0 aromatic rings. The number of carboxylic acid groups (broad SMARTS) is 2. The smallest absolute Gasteiger partial charge is 0.320 e. The van der Waals surface area contributed by atoms with E-state index in [1.165, 1.54) is 0 Å². The Hall–Kier alpha value is -1.79. The quantitative estimate of drug-likeness (QED) is 0.226. The van der Waals surface area contributed by atoms with Crippen molar-refractivity contribution in [1.82, 2.24) is 0 Å². The number of azide groups is 1. The molecule has 0 saturated heterocycles. The van der Waals surface area contributed by atoms with E-state index < -0.39 is 23.9 Å². The topological polar surface area (TPSA) is 149 Å². The summed E-state index contributed by atoms with van der Waals surface area (Å²) in [6.45, 7) is 0.447. The molecule has 0 heterocycles. The number of nitrogens with zero attached hydrogens (tertiary/aromatic N) is 3. The van der Waals surface area contributed by atoms with Gasteiger partial charge in [-0.1, -0.05) is 24.4 Å². The van der Waals surface area contributed by atoms with Crippen molar-refractivity contribution in [2.45, 2.75) is 44.6 Å². The van der Waals surface area contributed by atoms with Gasteiger partial charge in [0.05, 0.1) is 5.92 Å². The van der Waals surface area contributed by atoms with Crippen LogP contribution in [0.1, 0.15) is 38.5 Å². The van der Waals surface area contributed by atoms with E-state index in [2.05, 4.69) is 10.0 Å². The summed E-state index contributed by atoms with van der Waals surface area (Å²) in [4.78, 5) is 24.2. The van der Waals surface area contributed by atoms with Gasteiger partial charge in [0.15, 0.2) is 0 Å². The lowest BCUT2D eigenvalue weighted by atomic mass is 9.94. The predicted molar refractivity (Wildman–Crippen MR) is 68.5 cm³/mol. The lowest BCUT2D eigenvalue weighted by Gasteiger charge is -2.14. The van der Waals surface area contributed by atoms with Crippen molar-refractivity contribution < 1.29 is 19.8 Å². The summed E-state index contributed by atoms with van der Waals surface area (Å²) < 4.78 is 0. The summed E-state index contributed by atoms with van der Waals surface area (Å²) in [6.07, 6.45) is 3.51. The molecular weight excluding hydrogens is 252 g/mol. The Morgan fingerprint density at radius 1 is 1.16 bits per heavy atom. The lowest BCUT2D eigenvalue weighted by molar-refractivity contribution is -0.143. The van der Waals surface area contributed by atoms with Crippen LogP contribution in [0.4, 0.5) is 0 Å². The molecule has 19 heavy (non-hydrogen) atoms. The Balaban J connectivity index is 3.86. The van der Waals surface area contributed by atoms with Crippen LogP contribution in [0.3, 0.4) is 0 Å². The summed E-state index contributed by atoms with van der Waals surface area (Å²) in [5, 5.41) is 21.0. The van der Waals surface area contributed by atoms with Crippen LogP contribution < -0.4 is 5.73 Å². The maximum atomic E-state index is 11.0. The molecule has 0 amide bonds. The van der Waals surface area contributed by atoms with Crippen LogP contribution >= 0.6 is 0 Å². The second-order valence-corrected chi connectivity index (χ2v) is 4.37. The van der Waals surface area contributed by atoms with Gasteiger partial charge in [0.2, 0.25) is 0 Å². The zero-order chi connectivity index (χ0) is 14.7. The Kier molecular flexibility index (Phi) is 9.20. The first-order valence-corrected chi connectivity index (χ1v) is 6.21. The van der Waals surface area contributed by atoms with E-state index in [4.69, 9.17) is 21.5 Å². The van der Waals surface area contributed by atoms with Crippen LogP contribution in [0.5, 0.6) is 0 Å². The molecule has 0 radical (unpaired) electrons. The molecule has 0 fully saturated rings. The highest BCUT2D eigenvalue weighted by Gasteiger charge is 2.23. The molecule has 8 nitrogen and oxygen atoms in total. The zero-order valence-corrected chi connectivity index (χ0v) is 10.7. The van der Waals surface area contributed by atoms with Gasteiger partial charge in [-0.05, 0) is 24.8 Å². The largest absolute Gasteiger partial charge is 0.481 e. The number of hydrogen-bond donors (Lipinski definition) is 3. The minimum absolute atomic E-state index is 0.0522. The third-order valence-corrected chi connectivity index (χ3v) is 2.83. The molecule has 8 heteroatoms. The van der Waals surface area contributed by atoms with E-state index >= 15 is 0 Å². The van der Waals surface area contributed by atoms with Crippen molar-refractivity contribution in [3.8, 4) is 0 Å². The predicted octanol–water partition coefficient (Wildman–Crippen LogP) is 1.75. The average molecular weight is 272 g/mol. The molecule has 0 spiro atoms. The fourth-order valence-corrected chi connectivity index (χ4v) is 1.72. The standard InChI is InChI=1S/C11H20N4O4/c12-9(11(18)19)7-8(10(16)17)5-3-1-2-4-6-14-15-13/h8-9H,1-7,12H2,(H,16,17)(H,18,19)/t8?,9-/m1/s1. The monoisotopic (exact) mass is 272 g/mol. The van der Waals surface area contributed by atoms with Crippen LogP contribution in [-0.4, -0.2) is 34.7 Å². The van der Waals surface area contributed by atoms with Gasteiger partial charge < -0.3 is 15.9 Å². The average Bonchev–Trinajstić information content (AvgIpc) is 2.35. The molecule has 0 aliphatic carbocycles. The van der Waals surface area contributed by atoms with Gasteiger partial charge in [0.25, 0.3) is 0 Å². The number of rotatable bonds is 11. The summed E-state index contributed by atoms with van der Waals surface area (Å²) in [7, 11) is 0. The minimum atomic E-state index is -1.18. The third-order valence-electron chi connectivity index (χ3n) is 2.83. The van der Waals surface area contributed by atoms with E-state index in [0.29, 0.717) is 19.4 Å². The second kappa shape index (κ2) is 10.2. The van der Waals surface area contributed by atoms with E-state index in [0.717, 1.165) is 19.3 Å². The molecule has 1 unspecified atom stereocenters. The van der Waals surface area contributed by atoms with Crippen molar-refractivity contribution >= 4 is 11.9 Å². The first kappa shape index (κ1) is 17.2. The number of nitrogens with two attached hydrogens (primary N) is 1. The maximum absolute atomic E-state index is 11.0. The molecule has 0 rings (SSSR count). The number of aliphatic carboxylic acids is 2. The SMILES string of the molecule is [N-]=[N+]=NCCCCCCC(C[C@@H](N)C(=O)O)C(=O)O. The van der Waals surface area contributed by atoms with Crippen molar-refractivity contribution in [1.29, 1.82) is 0 Å². The normalized spacial score (nSPS) is 13.3. The van der Waals surface area contributed by atoms with Crippen molar-refractivity contribution in [3.63, 3.8) is 0 Å². The Morgan fingerprint density at radius 3 is 2.32 bits per heavy atom. The van der Waals surface area contributed by atoms with Crippen molar-refractivity contribution in [3.05, 3.63) is 10.4 Å². The third kappa shape index (κ3) is 8.87. The molecule has 0 aliphatic rings. The molecule has 0 aromatic carbocycles. The highest BCUT2D eigenvalue weighted by Crippen LogP contribution is 2.16. The highest BCUT2D eigenvalue weighted by molar-refractivity contribution is 5.75. The van der Waals surface area contributed by atoms with Crippen LogP contribution in [0.25, 0.3) is 10.4 Å². The molecule has 0 bridgehead atoms. The summed E-state index contributed by atoms with van der Waals surface area (Å²) in [6, 6.07) is -1.13. The first-order valence-electron chi connectivity index (χ1n) is 6.21. The number of hydrogen-bond acceptors (Lipinski definition) is 4. The van der Waals surface area contributed by atoms with Gasteiger partial charge in [-0.2, -0.15) is 0 Å². The van der Waals surface area contributed by atoms with Crippen LogP contribution in [0.2, 0.25) is 0 Å². The van der Waals surface area contributed by atoms with E-state index in [1.54, 1.807) is 0 Å². The van der Waals surface area contributed by atoms with Crippen LogP contribution in [-0.2, 0) is 9.59 Å². The number of carbonyl (C=O) groups is 2. The summed E-state index contributed by atoms with van der Waals surface area (Å²) in [5.41, 5.74) is 13.4. The van der Waals surface area contributed by atoms with Gasteiger partial charge in [-0.15, -0.1) is 0 Å². The Labute approximate surface area is 111 Å². The maximum Gasteiger partial charge on any atom is 0.320 e. The van der Waals surface area contributed by atoms with E-state index in [-0.39, 0.29) is 6.42 Å². The van der Waals surface area contributed by atoms with Gasteiger partial charge in [-0.25, -0.2) is 0 Å². The summed E-state index contributed by atoms with van der Waals surface area (Å²) >= 11 is 0. The minimum Gasteiger partial charge on any atom is -0.481 e. The molecule has 108 valence electrons. The highest BCUT2D eigenvalue weighted by atomic mass is 16.4. The van der Waals surface area contributed by atoms with Crippen molar-refractivity contribution in [2.24, 2.45) is 16.8 Å². The van der Waals surface area contributed by atoms with E-state index in [1.807, 2.05) is 0 Å². The summed E-state index contributed by atoms with van der Waals surface area (Å²) in [5.74, 6) is -2.91. The first-order chi connectivity index (χ1) is 8.99. The molecular formula is C11H20N4O4. The zero-order valence-electron chi connectivity index (χ0n) is 10.7. The molecule has 0 aliphatic heterocycles. The van der Waals surface area contributed by atoms with Gasteiger partial charge in [0.1, 0.15) is 6.04 Å². The molecule has 0 aromatic heterocycles. The Morgan fingerprint density at radius 2 is 1.79 bits per heavy atom. The van der Waals surface area contributed by atoms with Gasteiger partial charge >= 0.3 is 11.9 Å². The lowest BCUT2D eigenvalue weighted by Crippen LogP contribution is -2.34. The van der Waals surface area contributed by atoms with Gasteiger partial charge in [0, 0.05) is 11.5 Å². The van der Waals surface area contributed by atoms with Gasteiger partial charge in [-0.3, -0.25) is 9.59 Å². The van der Waals surface area contributed by atoms with Crippen molar-refractivity contribution in [2.75, 3.05) is 6.54 Å². The number of unbranched alkanes of at least 4 members (excludes halogenated alkanes) is 3. The second-order valence-electron chi connectivity index (χ2n) is 4.37. The molecule has 2 atom stereocenters. The van der Waals surface area contributed by atoms with Crippen LogP contribution in [0, 0.1) is 5.92 Å². The van der Waals surface area contributed by atoms with Crippen LogP contribution in [0.15, 0.2) is 5.11 Å².